The van der Waals surface area contributed by atoms with Gasteiger partial charge in [0.15, 0.2) is 0 Å². The second kappa shape index (κ2) is 9.52. The Labute approximate surface area is 194 Å². The molecular formula is C24H29N3O5S. The average Bonchev–Trinajstić information content (AvgIpc) is 3.63. The minimum absolute atomic E-state index is 0.0241. The van der Waals surface area contributed by atoms with Gasteiger partial charge in [-0.05, 0) is 69.0 Å². The van der Waals surface area contributed by atoms with E-state index in [0.29, 0.717) is 17.8 Å². The summed E-state index contributed by atoms with van der Waals surface area (Å²) in [5.74, 6) is -0.453. The number of benzene rings is 2. The molecule has 1 saturated carbocycles. The zero-order valence-electron chi connectivity index (χ0n) is 18.8. The fraction of sp³-hybridized carbons (Fsp3) is 0.417. The largest absolute Gasteiger partial charge is 0.495 e. The molecule has 8 nitrogen and oxygen atoms in total. The molecule has 176 valence electrons. The van der Waals surface area contributed by atoms with Gasteiger partial charge in [0.25, 0.3) is 11.8 Å². The van der Waals surface area contributed by atoms with Crippen molar-refractivity contribution < 1.29 is 22.7 Å². The summed E-state index contributed by atoms with van der Waals surface area (Å²) in [6, 6.07) is 11.2. The molecule has 1 aliphatic carbocycles. The Morgan fingerprint density at radius 3 is 2.45 bits per heavy atom. The van der Waals surface area contributed by atoms with E-state index in [9.17, 15) is 18.0 Å². The monoisotopic (exact) mass is 471 g/mol. The molecule has 2 N–H and O–H groups in total. The normalized spacial score (nSPS) is 19.0. The van der Waals surface area contributed by atoms with Gasteiger partial charge in [-0.25, -0.2) is 8.42 Å². The molecule has 33 heavy (non-hydrogen) atoms. The van der Waals surface area contributed by atoms with Crippen molar-refractivity contribution >= 4 is 27.5 Å². The van der Waals surface area contributed by atoms with Crippen LogP contribution in [0.5, 0.6) is 5.75 Å². The minimum atomic E-state index is -3.83. The van der Waals surface area contributed by atoms with E-state index in [1.54, 1.807) is 24.3 Å². The maximum Gasteiger partial charge on any atom is 0.255 e. The molecule has 2 fully saturated rings. The van der Waals surface area contributed by atoms with Gasteiger partial charge in [-0.15, -0.1) is 0 Å². The molecule has 2 amide bonds. The van der Waals surface area contributed by atoms with E-state index in [4.69, 9.17) is 4.74 Å². The molecule has 4 rings (SSSR count). The van der Waals surface area contributed by atoms with Crippen molar-refractivity contribution in [2.45, 2.75) is 56.0 Å². The van der Waals surface area contributed by atoms with E-state index in [0.717, 1.165) is 32.1 Å². The van der Waals surface area contributed by atoms with Crippen molar-refractivity contribution in [2.75, 3.05) is 19.0 Å². The number of carbonyl (C=O) groups is 2. The van der Waals surface area contributed by atoms with Gasteiger partial charge in [-0.3, -0.25) is 9.59 Å². The maximum absolute atomic E-state index is 13.4. The number of rotatable bonds is 7. The topological polar surface area (TPSA) is 105 Å². The van der Waals surface area contributed by atoms with Gasteiger partial charge < -0.3 is 15.4 Å². The van der Waals surface area contributed by atoms with E-state index < -0.39 is 15.9 Å². The first-order valence-corrected chi connectivity index (χ1v) is 12.7. The highest BCUT2D eigenvalue weighted by molar-refractivity contribution is 7.89. The summed E-state index contributed by atoms with van der Waals surface area (Å²) in [4.78, 5) is 25.2. The van der Waals surface area contributed by atoms with Crippen molar-refractivity contribution in [3.8, 4) is 5.75 Å². The Kier molecular flexibility index (Phi) is 6.71. The number of hydrogen-bond donors (Lipinski definition) is 2. The highest BCUT2D eigenvalue weighted by atomic mass is 32.2. The lowest BCUT2D eigenvalue weighted by molar-refractivity contribution is 0.0949. The molecule has 0 spiro atoms. The van der Waals surface area contributed by atoms with Gasteiger partial charge in [-0.2, -0.15) is 4.31 Å². The van der Waals surface area contributed by atoms with E-state index >= 15 is 0 Å². The molecule has 1 aliphatic heterocycles. The first-order valence-electron chi connectivity index (χ1n) is 11.2. The summed E-state index contributed by atoms with van der Waals surface area (Å²) in [6.45, 7) is 2.34. The van der Waals surface area contributed by atoms with E-state index in [-0.39, 0.29) is 34.2 Å². The number of anilines is 1. The third-order valence-electron chi connectivity index (χ3n) is 6.05. The molecule has 9 heteroatoms. The molecule has 2 aromatic carbocycles. The highest BCUT2D eigenvalue weighted by Gasteiger charge is 2.33. The fourth-order valence-electron chi connectivity index (χ4n) is 4.01. The van der Waals surface area contributed by atoms with Crippen LogP contribution in [0.2, 0.25) is 0 Å². The quantitative estimate of drug-likeness (QED) is 0.644. The number of ether oxygens (including phenoxy) is 1. The number of nitrogens with one attached hydrogen (secondary N) is 2. The number of methoxy groups -OCH3 is 1. The van der Waals surface area contributed by atoms with Crippen LogP contribution in [0.15, 0.2) is 47.4 Å². The Hall–Kier alpha value is -2.91. The van der Waals surface area contributed by atoms with Crippen LogP contribution in [-0.2, 0) is 10.0 Å². The molecule has 0 aromatic heterocycles. The van der Waals surface area contributed by atoms with Crippen molar-refractivity contribution in [3.63, 3.8) is 0 Å². The number of piperidine rings is 1. The molecule has 1 atom stereocenters. The summed E-state index contributed by atoms with van der Waals surface area (Å²) in [5.41, 5.74) is 1.09. The first kappa shape index (κ1) is 23.3. The minimum Gasteiger partial charge on any atom is -0.495 e. The summed E-state index contributed by atoms with van der Waals surface area (Å²) in [7, 11) is -2.42. The Balaban J connectivity index is 1.57. The summed E-state index contributed by atoms with van der Waals surface area (Å²) < 4.78 is 33.6. The van der Waals surface area contributed by atoms with Crippen LogP contribution in [0.25, 0.3) is 0 Å². The molecule has 0 radical (unpaired) electrons. The van der Waals surface area contributed by atoms with Gasteiger partial charge in [-0.1, -0.05) is 12.5 Å². The van der Waals surface area contributed by atoms with Crippen LogP contribution in [0.3, 0.4) is 0 Å². The smallest absolute Gasteiger partial charge is 0.255 e. The molecule has 2 aromatic rings. The molecular weight excluding hydrogens is 442 g/mol. The van der Waals surface area contributed by atoms with Gasteiger partial charge in [0, 0.05) is 35.4 Å². The van der Waals surface area contributed by atoms with Crippen LogP contribution >= 0.6 is 0 Å². The van der Waals surface area contributed by atoms with Crippen LogP contribution in [0.4, 0.5) is 5.69 Å². The Bertz CT molecular complexity index is 1160. The lowest BCUT2D eigenvalue weighted by Gasteiger charge is -2.32. The van der Waals surface area contributed by atoms with Crippen molar-refractivity contribution in [3.05, 3.63) is 53.6 Å². The molecule has 1 saturated heterocycles. The zero-order valence-corrected chi connectivity index (χ0v) is 19.7. The van der Waals surface area contributed by atoms with E-state index in [1.165, 1.54) is 29.6 Å². The fourth-order valence-corrected chi connectivity index (χ4v) is 5.90. The van der Waals surface area contributed by atoms with E-state index in [1.807, 2.05) is 6.92 Å². The predicted molar refractivity (Wildman–Crippen MR) is 125 cm³/mol. The third kappa shape index (κ3) is 5.20. The standard InChI is InChI=1S/C24H29N3O5S/c1-16-6-3-4-13-27(16)33(30,31)22-15-18(9-12-21(22)32-2)24(29)26-20-8-5-7-17(14-20)23(28)25-19-10-11-19/h5,7-9,12,14-16,19H,3-4,6,10-11,13H2,1-2H3,(H,25,28)(H,26,29)/t16-/m0/s1. The third-order valence-corrected chi connectivity index (χ3v) is 8.08. The second-order valence-corrected chi connectivity index (χ2v) is 10.5. The van der Waals surface area contributed by atoms with Gasteiger partial charge in [0.05, 0.1) is 7.11 Å². The first-order chi connectivity index (χ1) is 15.8. The Morgan fingerprint density at radius 1 is 1.00 bits per heavy atom. The van der Waals surface area contributed by atoms with Gasteiger partial charge in [0.2, 0.25) is 10.0 Å². The number of carbonyl (C=O) groups excluding carboxylic acids is 2. The maximum atomic E-state index is 13.4. The predicted octanol–water partition coefficient (Wildman–Crippen LogP) is 3.40. The van der Waals surface area contributed by atoms with Crippen LogP contribution in [-0.4, -0.2) is 50.3 Å². The van der Waals surface area contributed by atoms with Gasteiger partial charge in [0.1, 0.15) is 10.6 Å². The summed E-state index contributed by atoms with van der Waals surface area (Å²) >= 11 is 0. The Morgan fingerprint density at radius 2 is 1.76 bits per heavy atom. The van der Waals surface area contributed by atoms with Crippen LogP contribution in [0, 0.1) is 0 Å². The van der Waals surface area contributed by atoms with Crippen LogP contribution in [0.1, 0.15) is 59.7 Å². The zero-order chi connectivity index (χ0) is 23.6. The number of nitrogens with zero attached hydrogens (tertiary/aromatic N) is 1. The lowest BCUT2D eigenvalue weighted by atomic mass is 10.1. The highest BCUT2D eigenvalue weighted by Crippen LogP contribution is 2.32. The molecule has 0 bridgehead atoms. The van der Waals surface area contributed by atoms with Crippen molar-refractivity contribution in [1.29, 1.82) is 0 Å². The van der Waals surface area contributed by atoms with Crippen LogP contribution < -0.4 is 15.4 Å². The summed E-state index contributed by atoms with van der Waals surface area (Å²) in [5, 5.41) is 5.68. The SMILES string of the molecule is COc1ccc(C(=O)Nc2cccc(C(=O)NC3CC3)c2)cc1S(=O)(=O)N1CCCC[C@@H]1C. The summed E-state index contributed by atoms with van der Waals surface area (Å²) in [6.07, 6.45) is 4.57. The molecule has 1 heterocycles. The number of amides is 2. The molecule has 0 unspecified atom stereocenters. The average molecular weight is 472 g/mol. The number of sulfonamides is 1. The second-order valence-electron chi connectivity index (χ2n) is 8.61. The van der Waals surface area contributed by atoms with Crippen molar-refractivity contribution in [1.82, 2.24) is 9.62 Å². The van der Waals surface area contributed by atoms with Crippen molar-refractivity contribution in [2.24, 2.45) is 0 Å². The van der Waals surface area contributed by atoms with E-state index in [2.05, 4.69) is 10.6 Å². The lowest BCUT2D eigenvalue weighted by Crippen LogP contribution is -2.42. The van der Waals surface area contributed by atoms with Gasteiger partial charge >= 0.3 is 0 Å². The molecule has 2 aliphatic rings. The number of hydrogen-bond acceptors (Lipinski definition) is 5.